The van der Waals surface area contributed by atoms with E-state index in [0.29, 0.717) is 5.25 Å². The van der Waals surface area contributed by atoms with Gasteiger partial charge in [0.1, 0.15) is 0 Å². The summed E-state index contributed by atoms with van der Waals surface area (Å²) in [6.45, 7) is 3.97. The summed E-state index contributed by atoms with van der Waals surface area (Å²) in [6, 6.07) is 0. The molecule has 2 unspecified atom stereocenters. The van der Waals surface area contributed by atoms with Crippen molar-refractivity contribution in [1.82, 2.24) is 0 Å². The summed E-state index contributed by atoms with van der Waals surface area (Å²) in [7, 11) is 1.47. The van der Waals surface area contributed by atoms with Crippen LogP contribution < -0.4 is 0 Å². The summed E-state index contributed by atoms with van der Waals surface area (Å²) in [5.41, 5.74) is -0.290. The molecule has 1 aliphatic rings. The van der Waals surface area contributed by atoms with Gasteiger partial charge in [-0.2, -0.15) is 11.8 Å². The largest absolute Gasteiger partial charge is 0.479 e. The number of carboxylic acid groups (broad SMARTS) is 1. The summed E-state index contributed by atoms with van der Waals surface area (Å²) in [5.74, 6) is 0.287. The minimum atomic E-state index is -0.856. The quantitative estimate of drug-likeness (QED) is 0.784. The van der Waals surface area contributed by atoms with Crippen molar-refractivity contribution in [3.63, 3.8) is 0 Å². The van der Waals surface area contributed by atoms with Crippen molar-refractivity contribution in [3.05, 3.63) is 0 Å². The molecule has 3 nitrogen and oxygen atoms in total. The molecular formula is C10H18O3S. The fourth-order valence-electron chi connectivity index (χ4n) is 2.06. The van der Waals surface area contributed by atoms with E-state index in [0.717, 1.165) is 12.2 Å². The van der Waals surface area contributed by atoms with Crippen LogP contribution in [0.4, 0.5) is 0 Å². The molecule has 0 aromatic carbocycles. The zero-order valence-corrected chi connectivity index (χ0v) is 9.76. The number of hydrogen-bond donors (Lipinski definition) is 1. The molecule has 1 rings (SSSR count). The first kappa shape index (κ1) is 11.9. The Bertz CT molecular complexity index is 209. The lowest BCUT2D eigenvalue weighted by Gasteiger charge is -2.35. The minimum Gasteiger partial charge on any atom is -0.479 e. The molecule has 0 bridgehead atoms. The fraction of sp³-hybridized carbons (Fsp3) is 0.900. The Morgan fingerprint density at radius 3 is 2.64 bits per heavy atom. The third-order valence-corrected chi connectivity index (χ3v) is 4.67. The highest BCUT2D eigenvalue weighted by Crippen LogP contribution is 2.42. The van der Waals surface area contributed by atoms with Crippen molar-refractivity contribution in [2.45, 2.75) is 38.0 Å². The smallest absolute Gasteiger partial charge is 0.333 e. The molecule has 1 aliphatic heterocycles. The lowest BCUT2D eigenvalue weighted by Crippen LogP contribution is -2.44. The van der Waals surface area contributed by atoms with Crippen molar-refractivity contribution in [3.8, 4) is 0 Å². The first-order valence-corrected chi connectivity index (χ1v) is 5.92. The molecule has 4 heteroatoms. The molecule has 0 saturated carbocycles. The summed E-state index contributed by atoms with van der Waals surface area (Å²) < 4.78 is 5.08. The summed E-state index contributed by atoms with van der Waals surface area (Å²) in [6.07, 6.45) is 1.60. The van der Waals surface area contributed by atoms with Crippen LogP contribution in [0.1, 0.15) is 26.7 Å². The standard InChI is InChI=1S/C10H18O3S/c1-10(2,7-5-4-6-14-7)8(13-3)9(11)12/h7-8H,4-6H2,1-3H3,(H,11,12). The maximum Gasteiger partial charge on any atom is 0.333 e. The molecule has 1 fully saturated rings. The number of thioether (sulfide) groups is 1. The Balaban J connectivity index is 2.74. The summed E-state index contributed by atoms with van der Waals surface area (Å²) in [4.78, 5) is 11.0. The van der Waals surface area contributed by atoms with Crippen LogP contribution in [0.3, 0.4) is 0 Å². The van der Waals surface area contributed by atoms with Gasteiger partial charge in [-0.1, -0.05) is 13.8 Å². The predicted molar refractivity (Wildman–Crippen MR) is 57.7 cm³/mol. The monoisotopic (exact) mass is 218 g/mol. The Kier molecular flexibility index (Phi) is 3.84. The van der Waals surface area contributed by atoms with Crippen LogP contribution in [0.2, 0.25) is 0 Å². The molecule has 2 atom stereocenters. The Morgan fingerprint density at radius 2 is 2.29 bits per heavy atom. The Labute approximate surface area is 89.2 Å². The highest BCUT2D eigenvalue weighted by atomic mass is 32.2. The molecule has 0 spiro atoms. The van der Waals surface area contributed by atoms with Crippen LogP contribution in [0.5, 0.6) is 0 Å². The molecule has 1 heterocycles. The van der Waals surface area contributed by atoms with Crippen molar-refractivity contribution < 1.29 is 14.6 Å². The molecule has 0 aliphatic carbocycles. The number of hydrogen-bond acceptors (Lipinski definition) is 3. The molecule has 14 heavy (non-hydrogen) atoms. The van der Waals surface area contributed by atoms with Gasteiger partial charge in [-0.3, -0.25) is 0 Å². The van der Waals surface area contributed by atoms with Gasteiger partial charge in [0.15, 0.2) is 6.10 Å². The summed E-state index contributed by atoms with van der Waals surface area (Å²) >= 11 is 1.87. The van der Waals surface area contributed by atoms with Crippen molar-refractivity contribution >= 4 is 17.7 Å². The van der Waals surface area contributed by atoms with E-state index >= 15 is 0 Å². The van der Waals surface area contributed by atoms with Gasteiger partial charge in [-0.05, 0) is 18.6 Å². The van der Waals surface area contributed by atoms with Gasteiger partial charge in [0.25, 0.3) is 0 Å². The van der Waals surface area contributed by atoms with Gasteiger partial charge >= 0.3 is 5.97 Å². The predicted octanol–water partition coefficient (Wildman–Crippen LogP) is 2.01. The van der Waals surface area contributed by atoms with E-state index < -0.39 is 12.1 Å². The van der Waals surface area contributed by atoms with E-state index in [9.17, 15) is 4.79 Å². The Hall–Kier alpha value is -0.220. The molecule has 82 valence electrons. The van der Waals surface area contributed by atoms with E-state index in [2.05, 4.69) is 0 Å². The Morgan fingerprint density at radius 1 is 1.64 bits per heavy atom. The molecule has 0 radical (unpaired) electrons. The van der Waals surface area contributed by atoms with E-state index in [1.165, 1.54) is 13.5 Å². The first-order valence-electron chi connectivity index (χ1n) is 4.87. The number of ether oxygens (including phenoxy) is 1. The minimum absolute atomic E-state index is 0.290. The van der Waals surface area contributed by atoms with Crippen molar-refractivity contribution in [1.29, 1.82) is 0 Å². The summed E-state index contributed by atoms with van der Waals surface area (Å²) in [5, 5.41) is 9.44. The van der Waals surface area contributed by atoms with Crippen LogP contribution >= 0.6 is 11.8 Å². The second-order valence-corrected chi connectivity index (χ2v) is 5.59. The SMILES string of the molecule is COC(C(=O)O)C(C)(C)C1CCCS1. The lowest BCUT2D eigenvalue weighted by atomic mass is 9.81. The highest BCUT2D eigenvalue weighted by molar-refractivity contribution is 8.00. The molecule has 1 saturated heterocycles. The first-order chi connectivity index (χ1) is 6.50. The van der Waals surface area contributed by atoms with Gasteiger partial charge in [-0.25, -0.2) is 4.79 Å². The van der Waals surface area contributed by atoms with Crippen LogP contribution in [0.15, 0.2) is 0 Å². The van der Waals surface area contributed by atoms with Gasteiger partial charge in [-0.15, -0.1) is 0 Å². The van der Waals surface area contributed by atoms with Crippen molar-refractivity contribution in [2.75, 3.05) is 12.9 Å². The van der Waals surface area contributed by atoms with Gasteiger partial charge < -0.3 is 9.84 Å². The van der Waals surface area contributed by atoms with Crippen LogP contribution in [0.25, 0.3) is 0 Å². The number of carbonyl (C=O) groups is 1. The zero-order chi connectivity index (χ0) is 10.8. The molecule has 1 N–H and O–H groups in total. The van der Waals surface area contributed by atoms with E-state index in [-0.39, 0.29) is 5.41 Å². The molecule has 0 amide bonds. The molecular weight excluding hydrogens is 200 g/mol. The third-order valence-electron chi connectivity index (χ3n) is 2.90. The van der Waals surface area contributed by atoms with Gasteiger partial charge in [0, 0.05) is 17.8 Å². The van der Waals surface area contributed by atoms with Crippen molar-refractivity contribution in [2.24, 2.45) is 5.41 Å². The number of aliphatic carboxylic acids is 1. The fourth-order valence-corrected chi connectivity index (χ4v) is 3.56. The average Bonchev–Trinajstić information content (AvgIpc) is 2.55. The second kappa shape index (κ2) is 4.53. The normalized spacial score (nSPS) is 24.9. The maximum atomic E-state index is 11.0. The number of carboxylic acids is 1. The van der Waals surface area contributed by atoms with Crippen LogP contribution in [-0.2, 0) is 9.53 Å². The molecule has 0 aromatic heterocycles. The molecule has 0 aromatic rings. The second-order valence-electron chi connectivity index (χ2n) is 4.28. The van der Waals surface area contributed by atoms with Gasteiger partial charge in [0.2, 0.25) is 0 Å². The van der Waals surface area contributed by atoms with E-state index in [1.807, 2.05) is 25.6 Å². The maximum absolute atomic E-state index is 11.0. The topological polar surface area (TPSA) is 46.5 Å². The van der Waals surface area contributed by atoms with Gasteiger partial charge in [0.05, 0.1) is 0 Å². The average molecular weight is 218 g/mol. The third kappa shape index (κ3) is 2.23. The lowest BCUT2D eigenvalue weighted by molar-refractivity contribution is -0.156. The number of rotatable bonds is 4. The zero-order valence-electron chi connectivity index (χ0n) is 8.95. The van der Waals surface area contributed by atoms with Crippen LogP contribution in [-0.4, -0.2) is 35.3 Å². The van der Waals surface area contributed by atoms with E-state index in [1.54, 1.807) is 0 Å². The van der Waals surface area contributed by atoms with E-state index in [4.69, 9.17) is 9.84 Å². The van der Waals surface area contributed by atoms with Crippen LogP contribution in [0, 0.1) is 5.41 Å². The number of methoxy groups -OCH3 is 1. The highest BCUT2D eigenvalue weighted by Gasteiger charge is 2.43.